The van der Waals surface area contributed by atoms with Gasteiger partial charge in [-0.15, -0.1) is 5.10 Å². The van der Waals surface area contributed by atoms with Crippen LogP contribution in [0.3, 0.4) is 0 Å². The van der Waals surface area contributed by atoms with Gasteiger partial charge in [0, 0.05) is 31.6 Å². The Morgan fingerprint density at radius 3 is 3.00 bits per heavy atom. The van der Waals surface area contributed by atoms with Crippen LogP contribution < -0.4 is 0 Å². The first-order valence-electron chi connectivity index (χ1n) is 5.29. The molecule has 1 aromatic rings. The van der Waals surface area contributed by atoms with Gasteiger partial charge < -0.3 is 4.74 Å². The highest BCUT2D eigenvalue weighted by molar-refractivity contribution is 9.09. The van der Waals surface area contributed by atoms with Gasteiger partial charge in [0.1, 0.15) is 0 Å². The van der Waals surface area contributed by atoms with Crippen LogP contribution in [-0.2, 0) is 18.2 Å². The minimum Gasteiger partial charge on any atom is -0.374 e. The first-order valence-corrected chi connectivity index (χ1v) is 6.41. The van der Waals surface area contributed by atoms with Crippen molar-refractivity contribution >= 4 is 15.9 Å². The third-order valence-corrected chi connectivity index (χ3v) is 3.85. The van der Waals surface area contributed by atoms with Gasteiger partial charge >= 0.3 is 0 Å². The van der Waals surface area contributed by atoms with Crippen LogP contribution in [0.15, 0.2) is 6.20 Å². The molecule has 5 heteroatoms. The number of hydrogen-bond donors (Lipinski definition) is 0. The van der Waals surface area contributed by atoms with Crippen molar-refractivity contribution in [1.82, 2.24) is 15.0 Å². The molecule has 1 aliphatic rings. The van der Waals surface area contributed by atoms with E-state index in [1.54, 1.807) is 4.68 Å². The molecule has 1 atom stereocenters. The largest absolute Gasteiger partial charge is 0.374 e. The minimum atomic E-state index is -0.0612. The Morgan fingerprint density at radius 1 is 1.60 bits per heavy atom. The van der Waals surface area contributed by atoms with Crippen molar-refractivity contribution < 1.29 is 4.74 Å². The van der Waals surface area contributed by atoms with Crippen molar-refractivity contribution in [2.75, 3.05) is 11.9 Å². The maximum absolute atomic E-state index is 5.90. The Bertz CT molecular complexity index is 320. The van der Waals surface area contributed by atoms with Crippen LogP contribution in [0.25, 0.3) is 0 Å². The molecule has 0 aromatic carbocycles. The lowest BCUT2D eigenvalue weighted by molar-refractivity contribution is -0.0603. The lowest BCUT2D eigenvalue weighted by Crippen LogP contribution is -2.40. The molecule has 1 fully saturated rings. The Kier molecular flexibility index (Phi) is 3.41. The molecule has 0 spiro atoms. The summed E-state index contributed by atoms with van der Waals surface area (Å²) in [5.41, 5.74) is 0.952. The Labute approximate surface area is 98.1 Å². The van der Waals surface area contributed by atoms with Gasteiger partial charge in [0.05, 0.1) is 11.3 Å². The summed E-state index contributed by atoms with van der Waals surface area (Å²) >= 11 is 3.55. The molecular weight excluding hydrogens is 258 g/mol. The maximum Gasteiger partial charge on any atom is 0.0856 e. The van der Waals surface area contributed by atoms with Gasteiger partial charge in [-0.05, 0) is 19.3 Å². The zero-order valence-corrected chi connectivity index (χ0v) is 10.5. The average Bonchev–Trinajstić information content (AvgIpc) is 2.65. The molecule has 4 nitrogen and oxygen atoms in total. The fourth-order valence-electron chi connectivity index (χ4n) is 2.01. The monoisotopic (exact) mass is 273 g/mol. The molecule has 0 bridgehead atoms. The van der Waals surface area contributed by atoms with E-state index >= 15 is 0 Å². The number of aryl methyl sites for hydroxylation is 1. The van der Waals surface area contributed by atoms with Crippen molar-refractivity contribution in [3.63, 3.8) is 0 Å². The first-order chi connectivity index (χ1) is 7.24. The van der Waals surface area contributed by atoms with E-state index < -0.39 is 0 Å². The highest BCUT2D eigenvalue weighted by Gasteiger charge is 2.33. The van der Waals surface area contributed by atoms with Crippen molar-refractivity contribution in [3.05, 3.63) is 11.9 Å². The Balaban J connectivity index is 2.06. The zero-order chi connectivity index (χ0) is 10.7. The number of alkyl halides is 1. The third-order valence-electron chi connectivity index (χ3n) is 2.83. The second-order valence-electron chi connectivity index (χ2n) is 4.18. The number of aromatic nitrogens is 3. The van der Waals surface area contributed by atoms with Crippen molar-refractivity contribution in [2.24, 2.45) is 7.05 Å². The smallest absolute Gasteiger partial charge is 0.0856 e. The van der Waals surface area contributed by atoms with E-state index in [2.05, 4.69) is 26.2 Å². The fourth-order valence-corrected chi connectivity index (χ4v) is 2.65. The van der Waals surface area contributed by atoms with E-state index in [1.807, 2.05) is 13.2 Å². The predicted octanol–water partition coefficient (Wildman–Crippen LogP) is 1.69. The Hall–Kier alpha value is -0.420. The van der Waals surface area contributed by atoms with Crippen LogP contribution in [0.4, 0.5) is 0 Å². The van der Waals surface area contributed by atoms with Gasteiger partial charge in [0.25, 0.3) is 0 Å². The van der Waals surface area contributed by atoms with E-state index in [-0.39, 0.29) is 5.60 Å². The van der Waals surface area contributed by atoms with Gasteiger partial charge in [0.2, 0.25) is 0 Å². The lowest BCUT2D eigenvalue weighted by atomic mass is 9.91. The summed E-state index contributed by atoms with van der Waals surface area (Å²) in [4.78, 5) is 0. The van der Waals surface area contributed by atoms with Crippen LogP contribution in [0.2, 0.25) is 0 Å². The number of rotatable bonds is 3. The molecule has 2 heterocycles. The molecule has 15 heavy (non-hydrogen) atoms. The van der Waals surface area contributed by atoms with Crippen LogP contribution in [0, 0.1) is 0 Å². The molecule has 1 aromatic heterocycles. The van der Waals surface area contributed by atoms with E-state index in [0.717, 1.165) is 30.5 Å². The minimum absolute atomic E-state index is 0.0612. The van der Waals surface area contributed by atoms with Crippen molar-refractivity contribution in [1.29, 1.82) is 0 Å². The normalized spacial score (nSPS) is 26.8. The second kappa shape index (κ2) is 4.61. The highest BCUT2D eigenvalue weighted by atomic mass is 79.9. The molecular formula is C10H16BrN3O. The molecule has 0 saturated carbocycles. The average molecular weight is 274 g/mol. The molecule has 1 saturated heterocycles. The van der Waals surface area contributed by atoms with Crippen LogP contribution in [-0.4, -0.2) is 32.5 Å². The van der Waals surface area contributed by atoms with Gasteiger partial charge in [-0.3, -0.25) is 4.68 Å². The molecule has 0 radical (unpaired) electrons. The summed E-state index contributed by atoms with van der Waals surface area (Å²) in [5, 5.41) is 8.93. The summed E-state index contributed by atoms with van der Waals surface area (Å²) in [6.45, 7) is 0.867. The second-order valence-corrected chi connectivity index (χ2v) is 4.74. The van der Waals surface area contributed by atoms with Gasteiger partial charge in [-0.2, -0.15) is 0 Å². The van der Waals surface area contributed by atoms with Crippen molar-refractivity contribution in [2.45, 2.75) is 31.3 Å². The molecule has 1 unspecified atom stereocenters. The standard InChI is InChI=1S/C10H16BrN3O/c1-14-7-9(12-13-14)6-10(8-11)4-2-3-5-15-10/h7H,2-6,8H2,1H3. The summed E-state index contributed by atoms with van der Waals surface area (Å²) in [5.74, 6) is 0. The number of nitrogens with zero attached hydrogens (tertiary/aromatic N) is 3. The first kappa shape index (κ1) is 11.1. The summed E-state index contributed by atoms with van der Waals surface area (Å²) in [6.07, 6.45) is 6.34. The summed E-state index contributed by atoms with van der Waals surface area (Å²) < 4.78 is 7.64. The van der Waals surface area contributed by atoms with E-state index in [1.165, 1.54) is 12.8 Å². The fraction of sp³-hybridized carbons (Fsp3) is 0.800. The molecule has 2 rings (SSSR count). The van der Waals surface area contributed by atoms with Crippen LogP contribution in [0.1, 0.15) is 25.0 Å². The number of halogens is 1. The zero-order valence-electron chi connectivity index (χ0n) is 8.95. The molecule has 0 N–H and O–H groups in total. The lowest BCUT2D eigenvalue weighted by Gasteiger charge is -2.35. The molecule has 0 aliphatic carbocycles. The Morgan fingerprint density at radius 2 is 2.47 bits per heavy atom. The number of hydrogen-bond acceptors (Lipinski definition) is 3. The van der Waals surface area contributed by atoms with Gasteiger partial charge in [0.15, 0.2) is 0 Å². The van der Waals surface area contributed by atoms with Crippen LogP contribution >= 0.6 is 15.9 Å². The topological polar surface area (TPSA) is 39.9 Å². The quantitative estimate of drug-likeness (QED) is 0.787. The maximum atomic E-state index is 5.90. The molecule has 1 aliphatic heterocycles. The van der Waals surface area contributed by atoms with Gasteiger partial charge in [-0.1, -0.05) is 21.1 Å². The van der Waals surface area contributed by atoms with E-state index in [0.29, 0.717) is 0 Å². The number of ether oxygens (including phenoxy) is 1. The predicted molar refractivity (Wildman–Crippen MR) is 61.0 cm³/mol. The molecule has 0 amide bonds. The van der Waals surface area contributed by atoms with Crippen molar-refractivity contribution in [3.8, 4) is 0 Å². The highest BCUT2D eigenvalue weighted by Crippen LogP contribution is 2.29. The summed E-state index contributed by atoms with van der Waals surface area (Å²) in [7, 11) is 1.89. The third kappa shape index (κ3) is 2.58. The van der Waals surface area contributed by atoms with E-state index in [9.17, 15) is 0 Å². The van der Waals surface area contributed by atoms with Gasteiger partial charge in [-0.25, -0.2) is 0 Å². The SMILES string of the molecule is Cn1cc(CC2(CBr)CCCCO2)nn1. The molecule has 84 valence electrons. The van der Waals surface area contributed by atoms with Crippen LogP contribution in [0.5, 0.6) is 0 Å². The van der Waals surface area contributed by atoms with E-state index in [4.69, 9.17) is 4.74 Å². The summed E-state index contributed by atoms with van der Waals surface area (Å²) in [6, 6.07) is 0.